The molecule has 2 atom stereocenters. The van der Waals surface area contributed by atoms with Crippen LogP contribution in [0.4, 0.5) is 10.5 Å². The Labute approximate surface area is 159 Å². The fraction of sp³-hybridized carbons (Fsp3) is 0.158. The molecule has 1 heterocycles. The standard InChI is InChI=1S/C19H18BrN3O3/c1-11-16(18(24)22-14-9-5-6-10-15(14)26-2)17(23-19(25)21-11)12-7-3-4-8-13(12)20/h3-10,16-17H,1H2,2H3,(H,22,24)(H2,21,23,25)/t16-,17+/m0/s1. The molecule has 7 heteroatoms. The van der Waals surface area contributed by atoms with Gasteiger partial charge < -0.3 is 20.7 Å². The molecule has 1 saturated heterocycles. The lowest BCUT2D eigenvalue weighted by Gasteiger charge is -2.34. The van der Waals surface area contributed by atoms with E-state index in [-0.39, 0.29) is 5.91 Å². The van der Waals surface area contributed by atoms with Gasteiger partial charge in [0.1, 0.15) is 11.7 Å². The van der Waals surface area contributed by atoms with Crippen molar-refractivity contribution in [3.63, 3.8) is 0 Å². The monoisotopic (exact) mass is 415 g/mol. The van der Waals surface area contributed by atoms with E-state index >= 15 is 0 Å². The zero-order valence-electron chi connectivity index (χ0n) is 14.1. The van der Waals surface area contributed by atoms with E-state index in [2.05, 4.69) is 38.5 Å². The van der Waals surface area contributed by atoms with Crippen LogP contribution in [0.5, 0.6) is 5.75 Å². The molecule has 3 amide bonds. The second-order valence-electron chi connectivity index (χ2n) is 5.79. The molecule has 0 spiro atoms. The van der Waals surface area contributed by atoms with Crippen molar-refractivity contribution in [2.75, 3.05) is 12.4 Å². The number of halogens is 1. The molecule has 134 valence electrons. The number of methoxy groups -OCH3 is 1. The summed E-state index contributed by atoms with van der Waals surface area (Å²) in [6.07, 6.45) is 0. The lowest BCUT2D eigenvalue weighted by molar-refractivity contribution is -0.119. The normalized spacial score (nSPS) is 19.3. The number of rotatable bonds is 4. The molecule has 2 aromatic rings. The van der Waals surface area contributed by atoms with Crippen LogP contribution in [0.3, 0.4) is 0 Å². The molecule has 26 heavy (non-hydrogen) atoms. The Bertz CT molecular complexity index is 869. The first-order valence-corrected chi connectivity index (χ1v) is 8.75. The Morgan fingerprint density at radius 1 is 1.19 bits per heavy atom. The van der Waals surface area contributed by atoms with Gasteiger partial charge in [-0.2, -0.15) is 0 Å². The van der Waals surface area contributed by atoms with Crippen LogP contribution in [0.15, 0.2) is 65.3 Å². The molecule has 0 bridgehead atoms. The van der Waals surface area contributed by atoms with E-state index in [1.54, 1.807) is 18.2 Å². The van der Waals surface area contributed by atoms with Crippen molar-refractivity contribution in [3.05, 3.63) is 70.8 Å². The second-order valence-corrected chi connectivity index (χ2v) is 6.64. The minimum atomic E-state index is -0.698. The van der Waals surface area contributed by atoms with Gasteiger partial charge in [0.05, 0.1) is 18.8 Å². The number of hydrogen-bond acceptors (Lipinski definition) is 3. The number of para-hydroxylation sites is 2. The van der Waals surface area contributed by atoms with Gasteiger partial charge >= 0.3 is 6.03 Å². The Balaban J connectivity index is 1.94. The fourth-order valence-corrected chi connectivity index (χ4v) is 3.47. The van der Waals surface area contributed by atoms with Crippen LogP contribution in [0.1, 0.15) is 11.6 Å². The van der Waals surface area contributed by atoms with Gasteiger partial charge in [0.2, 0.25) is 5.91 Å². The van der Waals surface area contributed by atoms with Crippen molar-refractivity contribution < 1.29 is 14.3 Å². The number of amides is 3. The van der Waals surface area contributed by atoms with Gasteiger partial charge in [0.25, 0.3) is 0 Å². The maximum Gasteiger partial charge on any atom is 0.319 e. The number of carbonyl (C=O) groups is 2. The summed E-state index contributed by atoms with van der Waals surface area (Å²) < 4.78 is 6.08. The van der Waals surface area contributed by atoms with Gasteiger partial charge in [-0.3, -0.25) is 4.79 Å². The zero-order chi connectivity index (χ0) is 18.7. The quantitative estimate of drug-likeness (QED) is 0.713. The van der Waals surface area contributed by atoms with E-state index in [1.165, 1.54) is 7.11 Å². The fourth-order valence-electron chi connectivity index (χ4n) is 2.94. The average molecular weight is 416 g/mol. The number of carbonyl (C=O) groups excluding carboxylic acids is 2. The molecule has 0 radical (unpaired) electrons. The summed E-state index contributed by atoms with van der Waals surface area (Å²) in [5.74, 6) is -0.444. The zero-order valence-corrected chi connectivity index (χ0v) is 15.7. The van der Waals surface area contributed by atoms with Gasteiger partial charge in [-0.05, 0) is 23.8 Å². The summed E-state index contributed by atoms with van der Waals surface area (Å²) in [5.41, 5.74) is 1.68. The van der Waals surface area contributed by atoms with E-state index in [4.69, 9.17) is 4.74 Å². The minimum absolute atomic E-state index is 0.298. The number of anilines is 1. The lowest BCUT2D eigenvalue weighted by atomic mass is 9.88. The third-order valence-electron chi connectivity index (χ3n) is 4.16. The summed E-state index contributed by atoms with van der Waals surface area (Å²) >= 11 is 3.48. The highest BCUT2D eigenvalue weighted by atomic mass is 79.9. The molecule has 1 aliphatic rings. The van der Waals surface area contributed by atoms with E-state index in [0.29, 0.717) is 17.1 Å². The van der Waals surface area contributed by atoms with Crippen LogP contribution >= 0.6 is 15.9 Å². The molecule has 3 rings (SSSR count). The van der Waals surface area contributed by atoms with Crippen molar-refractivity contribution in [2.24, 2.45) is 5.92 Å². The maximum atomic E-state index is 13.0. The summed E-state index contributed by atoms with van der Waals surface area (Å²) in [4.78, 5) is 25.0. The molecule has 6 nitrogen and oxygen atoms in total. The number of benzene rings is 2. The van der Waals surface area contributed by atoms with Gasteiger partial charge in [-0.1, -0.05) is 52.8 Å². The molecule has 0 saturated carbocycles. The Hall–Kier alpha value is -2.80. The van der Waals surface area contributed by atoms with Crippen molar-refractivity contribution in [2.45, 2.75) is 6.04 Å². The van der Waals surface area contributed by atoms with Crippen LogP contribution < -0.4 is 20.7 Å². The number of hydrogen-bond donors (Lipinski definition) is 3. The summed E-state index contributed by atoms with van der Waals surface area (Å²) in [7, 11) is 1.54. The summed E-state index contributed by atoms with van der Waals surface area (Å²) in [5, 5.41) is 8.27. The van der Waals surface area contributed by atoms with Crippen LogP contribution in [-0.4, -0.2) is 19.0 Å². The maximum absolute atomic E-state index is 13.0. The third kappa shape index (κ3) is 3.57. The molecular formula is C19H18BrN3O3. The first-order chi connectivity index (χ1) is 12.5. The van der Waals surface area contributed by atoms with Crippen LogP contribution in [0, 0.1) is 5.92 Å². The Morgan fingerprint density at radius 2 is 1.88 bits per heavy atom. The second kappa shape index (κ2) is 7.61. The highest BCUT2D eigenvalue weighted by Gasteiger charge is 2.38. The van der Waals surface area contributed by atoms with E-state index in [1.807, 2.05) is 30.3 Å². The molecule has 0 aliphatic carbocycles. The van der Waals surface area contributed by atoms with E-state index < -0.39 is 18.0 Å². The van der Waals surface area contributed by atoms with Crippen LogP contribution in [0.25, 0.3) is 0 Å². The molecule has 2 aromatic carbocycles. The van der Waals surface area contributed by atoms with E-state index in [9.17, 15) is 9.59 Å². The molecule has 0 unspecified atom stereocenters. The van der Waals surface area contributed by atoms with Gasteiger partial charge in [0, 0.05) is 10.2 Å². The van der Waals surface area contributed by atoms with Crippen molar-refractivity contribution in [1.82, 2.24) is 10.6 Å². The highest BCUT2D eigenvalue weighted by molar-refractivity contribution is 9.10. The van der Waals surface area contributed by atoms with Crippen LogP contribution in [-0.2, 0) is 4.79 Å². The molecule has 1 fully saturated rings. The summed E-state index contributed by atoms with van der Waals surface area (Å²) in [6, 6.07) is 13.6. The smallest absolute Gasteiger partial charge is 0.319 e. The highest BCUT2D eigenvalue weighted by Crippen LogP contribution is 2.35. The SMILES string of the molecule is C=C1NC(=O)N[C@H](c2ccccc2Br)[C@H]1C(=O)Nc1ccccc1OC. The van der Waals surface area contributed by atoms with Crippen molar-refractivity contribution in [3.8, 4) is 5.75 Å². The van der Waals surface area contributed by atoms with Gasteiger partial charge in [0.15, 0.2) is 0 Å². The molecular weight excluding hydrogens is 398 g/mol. The van der Waals surface area contributed by atoms with Crippen LogP contribution in [0.2, 0.25) is 0 Å². The number of urea groups is 1. The molecule has 3 N–H and O–H groups in total. The lowest BCUT2D eigenvalue weighted by Crippen LogP contribution is -2.51. The first kappa shape index (κ1) is 18.0. The molecule has 0 aromatic heterocycles. The first-order valence-electron chi connectivity index (χ1n) is 7.96. The van der Waals surface area contributed by atoms with Crippen molar-refractivity contribution >= 4 is 33.6 Å². The predicted molar refractivity (Wildman–Crippen MR) is 103 cm³/mol. The minimum Gasteiger partial charge on any atom is -0.495 e. The Morgan fingerprint density at radius 3 is 2.62 bits per heavy atom. The predicted octanol–water partition coefficient (Wildman–Crippen LogP) is 3.58. The van der Waals surface area contributed by atoms with Gasteiger partial charge in [-0.15, -0.1) is 0 Å². The summed E-state index contributed by atoms with van der Waals surface area (Å²) in [6.45, 7) is 3.88. The largest absolute Gasteiger partial charge is 0.495 e. The third-order valence-corrected chi connectivity index (χ3v) is 4.88. The number of ether oxygens (including phenoxy) is 1. The van der Waals surface area contributed by atoms with E-state index in [0.717, 1.165) is 10.0 Å². The molecule has 1 aliphatic heterocycles. The number of nitrogens with one attached hydrogen (secondary N) is 3. The van der Waals surface area contributed by atoms with Gasteiger partial charge in [-0.25, -0.2) is 4.79 Å². The Kier molecular flexibility index (Phi) is 5.27. The van der Waals surface area contributed by atoms with Crippen molar-refractivity contribution in [1.29, 1.82) is 0 Å². The average Bonchev–Trinajstić information content (AvgIpc) is 2.61. The topological polar surface area (TPSA) is 79.5 Å².